The lowest BCUT2D eigenvalue weighted by Gasteiger charge is -2.19. The van der Waals surface area contributed by atoms with E-state index in [4.69, 9.17) is 15.2 Å². The number of amides is 1. The van der Waals surface area contributed by atoms with Gasteiger partial charge in [0.25, 0.3) is 11.6 Å². The number of nitrogens with two attached hydrogens (primary N) is 1. The van der Waals surface area contributed by atoms with Gasteiger partial charge in [-0.15, -0.1) is 0 Å². The molecule has 0 aliphatic rings. The second kappa shape index (κ2) is 9.73. The topological polar surface area (TPSA) is 134 Å². The van der Waals surface area contributed by atoms with E-state index in [1.807, 2.05) is 24.3 Å². The van der Waals surface area contributed by atoms with E-state index < -0.39 is 23.4 Å². The smallest absolute Gasteiger partial charge is 0.341 e. The molecule has 0 aromatic heterocycles. The minimum absolute atomic E-state index is 0.0249. The minimum Gasteiger partial charge on any atom is -0.492 e. The number of nitro groups is 1. The fraction of sp³-hybridized carbons (Fsp3) is 0.333. The maximum atomic E-state index is 12.0. The molecule has 2 aromatic rings. The lowest BCUT2D eigenvalue weighted by atomic mass is 9.87. The maximum Gasteiger partial charge on any atom is 0.341 e. The van der Waals surface area contributed by atoms with Crippen LogP contribution in [0.2, 0.25) is 0 Å². The van der Waals surface area contributed by atoms with Gasteiger partial charge in [0.15, 0.2) is 6.61 Å². The van der Waals surface area contributed by atoms with Crippen molar-refractivity contribution in [3.8, 4) is 5.75 Å². The van der Waals surface area contributed by atoms with E-state index in [9.17, 15) is 19.7 Å². The third kappa shape index (κ3) is 6.47. The first-order valence-corrected chi connectivity index (χ1v) is 9.29. The Balaban J connectivity index is 1.74. The lowest BCUT2D eigenvalue weighted by Crippen LogP contribution is -2.32. The minimum atomic E-state index is -0.915. The second-order valence-corrected chi connectivity index (χ2v) is 7.58. The van der Waals surface area contributed by atoms with Gasteiger partial charge in [-0.3, -0.25) is 14.9 Å². The molecule has 0 aliphatic heterocycles. The Labute approximate surface area is 174 Å². The van der Waals surface area contributed by atoms with Crippen LogP contribution >= 0.6 is 0 Å². The summed E-state index contributed by atoms with van der Waals surface area (Å²) in [5.41, 5.74) is 6.45. The summed E-state index contributed by atoms with van der Waals surface area (Å²) < 4.78 is 10.4. The normalized spacial score (nSPS) is 10.9. The van der Waals surface area contributed by atoms with Gasteiger partial charge in [-0.1, -0.05) is 32.9 Å². The molecule has 0 radical (unpaired) electrons. The van der Waals surface area contributed by atoms with E-state index in [1.54, 1.807) is 0 Å². The average Bonchev–Trinajstić information content (AvgIpc) is 2.69. The highest BCUT2D eigenvalue weighted by atomic mass is 16.6. The van der Waals surface area contributed by atoms with Crippen molar-refractivity contribution in [2.75, 3.05) is 25.5 Å². The first kappa shape index (κ1) is 22.7. The molecule has 0 atom stereocenters. The van der Waals surface area contributed by atoms with Gasteiger partial charge < -0.3 is 20.5 Å². The van der Waals surface area contributed by atoms with Crippen LogP contribution in [-0.4, -0.2) is 36.6 Å². The average molecular weight is 415 g/mol. The number of nitrogen functional groups attached to an aromatic ring is 1. The third-order valence-corrected chi connectivity index (χ3v) is 4.22. The quantitative estimate of drug-likeness (QED) is 0.223. The summed E-state index contributed by atoms with van der Waals surface area (Å²) in [6.07, 6.45) is 0. The number of ether oxygens (including phenoxy) is 2. The molecule has 1 amide bonds. The van der Waals surface area contributed by atoms with Gasteiger partial charge in [0.2, 0.25) is 0 Å². The molecule has 2 aromatic carbocycles. The Morgan fingerprint density at radius 3 is 2.40 bits per heavy atom. The van der Waals surface area contributed by atoms with Crippen LogP contribution in [0.1, 0.15) is 36.7 Å². The molecule has 160 valence electrons. The number of esters is 1. The maximum absolute atomic E-state index is 12.0. The molecule has 3 N–H and O–H groups in total. The first-order chi connectivity index (χ1) is 14.1. The highest BCUT2D eigenvalue weighted by Gasteiger charge is 2.17. The SMILES string of the molecule is CC(C)(C)c1ccc(OCCNC(=O)COC(=O)c2cc([N+](=O)[O-])ccc2N)cc1. The predicted octanol–water partition coefficient (Wildman–Crippen LogP) is 2.83. The summed E-state index contributed by atoms with van der Waals surface area (Å²) in [5, 5.41) is 13.4. The summed E-state index contributed by atoms with van der Waals surface area (Å²) in [4.78, 5) is 34.0. The fourth-order valence-electron chi connectivity index (χ4n) is 2.50. The second-order valence-electron chi connectivity index (χ2n) is 7.58. The predicted molar refractivity (Wildman–Crippen MR) is 111 cm³/mol. The Morgan fingerprint density at radius 2 is 1.80 bits per heavy atom. The van der Waals surface area contributed by atoms with Crippen LogP contribution in [0.3, 0.4) is 0 Å². The van der Waals surface area contributed by atoms with Crippen LogP contribution in [0.15, 0.2) is 42.5 Å². The van der Waals surface area contributed by atoms with Crippen molar-refractivity contribution in [3.63, 3.8) is 0 Å². The van der Waals surface area contributed by atoms with E-state index >= 15 is 0 Å². The van der Waals surface area contributed by atoms with Crippen molar-refractivity contribution in [2.24, 2.45) is 0 Å². The molecule has 0 heterocycles. The number of hydrogen-bond donors (Lipinski definition) is 2. The zero-order chi connectivity index (χ0) is 22.3. The van der Waals surface area contributed by atoms with Gasteiger partial charge in [-0.05, 0) is 29.2 Å². The standard InChI is InChI=1S/C21H25N3O6/c1-21(2,3)14-4-7-16(8-5-14)29-11-10-23-19(25)13-30-20(26)17-12-15(24(27)28)6-9-18(17)22/h4-9,12H,10-11,13,22H2,1-3H3,(H,23,25). The largest absolute Gasteiger partial charge is 0.492 e. The molecule has 9 nitrogen and oxygen atoms in total. The van der Waals surface area contributed by atoms with Crippen molar-refractivity contribution in [2.45, 2.75) is 26.2 Å². The summed E-state index contributed by atoms with van der Waals surface area (Å²) in [6, 6.07) is 11.1. The Kier molecular flexibility index (Phi) is 7.35. The molecule has 0 spiro atoms. The number of carbonyl (C=O) groups excluding carboxylic acids is 2. The lowest BCUT2D eigenvalue weighted by molar-refractivity contribution is -0.384. The van der Waals surface area contributed by atoms with Gasteiger partial charge in [-0.2, -0.15) is 0 Å². The molecule has 0 unspecified atom stereocenters. The number of benzene rings is 2. The molecule has 0 bridgehead atoms. The van der Waals surface area contributed by atoms with Gasteiger partial charge in [0, 0.05) is 17.8 Å². The van der Waals surface area contributed by atoms with Gasteiger partial charge in [0.05, 0.1) is 17.0 Å². The Bertz CT molecular complexity index is 919. The third-order valence-electron chi connectivity index (χ3n) is 4.22. The molecule has 9 heteroatoms. The summed E-state index contributed by atoms with van der Waals surface area (Å²) >= 11 is 0. The van der Waals surface area contributed by atoms with Crippen LogP contribution < -0.4 is 15.8 Å². The number of non-ortho nitro benzene ring substituents is 1. The molecule has 0 fully saturated rings. The van der Waals surface area contributed by atoms with Crippen LogP contribution in [-0.2, 0) is 14.9 Å². The van der Waals surface area contributed by atoms with E-state index in [-0.39, 0.29) is 35.5 Å². The zero-order valence-corrected chi connectivity index (χ0v) is 17.1. The molecule has 0 aliphatic carbocycles. The Morgan fingerprint density at radius 1 is 1.13 bits per heavy atom. The van der Waals surface area contributed by atoms with Crippen LogP contribution in [0, 0.1) is 10.1 Å². The molecular weight excluding hydrogens is 390 g/mol. The van der Waals surface area contributed by atoms with E-state index in [2.05, 4.69) is 26.1 Å². The molecule has 2 rings (SSSR count). The van der Waals surface area contributed by atoms with Crippen molar-refractivity contribution in [1.82, 2.24) is 5.32 Å². The number of carbonyl (C=O) groups is 2. The van der Waals surface area contributed by atoms with E-state index in [0.29, 0.717) is 5.75 Å². The summed E-state index contributed by atoms with van der Waals surface area (Å²) in [6.45, 7) is 6.29. The number of nitro benzene ring substituents is 1. The Hall–Kier alpha value is -3.62. The van der Waals surface area contributed by atoms with Crippen LogP contribution in [0.4, 0.5) is 11.4 Å². The number of hydrogen-bond acceptors (Lipinski definition) is 7. The van der Waals surface area contributed by atoms with E-state index in [0.717, 1.165) is 6.07 Å². The number of nitrogens with one attached hydrogen (secondary N) is 1. The van der Waals surface area contributed by atoms with Crippen molar-refractivity contribution < 1.29 is 24.0 Å². The van der Waals surface area contributed by atoms with Crippen LogP contribution in [0.5, 0.6) is 5.75 Å². The van der Waals surface area contributed by atoms with Gasteiger partial charge in [0.1, 0.15) is 12.4 Å². The van der Waals surface area contributed by atoms with Gasteiger partial charge >= 0.3 is 5.97 Å². The van der Waals surface area contributed by atoms with Crippen molar-refractivity contribution >= 4 is 23.3 Å². The highest BCUT2D eigenvalue weighted by Crippen LogP contribution is 2.24. The fourth-order valence-corrected chi connectivity index (χ4v) is 2.50. The molecule has 0 saturated carbocycles. The zero-order valence-electron chi connectivity index (χ0n) is 17.1. The molecule has 0 saturated heterocycles. The molecule has 30 heavy (non-hydrogen) atoms. The highest BCUT2D eigenvalue weighted by molar-refractivity contribution is 5.96. The number of anilines is 1. The van der Waals surface area contributed by atoms with E-state index in [1.165, 1.54) is 17.7 Å². The summed E-state index contributed by atoms with van der Waals surface area (Å²) in [7, 11) is 0. The van der Waals surface area contributed by atoms with Crippen molar-refractivity contribution in [1.29, 1.82) is 0 Å². The summed E-state index contributed by atoms with van der Waals surface area (Å²) in [5.74, 6) is -0.759. The van der Waals surface area contributed by atoms with Crippen molar-refractivity contribution in [3.05, 3.63) is 63.7 Å². The molecular formula is C21H25N3O6. The monoisotopic (exact) mass is 415 g/mol. The van der Waals surface area contributed by atoms with Crippen LogP contribution in [0.25, 0.3) is 0 Å². The number of nitrogens with zero attached hydrogens (tertiary/aromatic N) is 1. The van der Waals surface area contributed by atoms with Gasteiger partial charge in [-0.25, -0.2) is 4.79 Å². The number of rotatable bonds is 8. The first-order valence-electron chi connectivity index (χ1n) is 9.29.